The van der Waals surface area contributed by atoms with Crippen molar-refractivity contribution < 1.29 is 9.84 Å². The first-order chi connectivity index (χ1) is 9.29. The molecule has 0 bridgehead atoms. The first-order valence-corrected chi connectivity index (χ1v) is 7.99. The number of thioether (sulfide) groups is 1. The number of β-amino-alcohol motifs (C(OH)–C–C–N with tert-alkyl or cyclic N) is 1. The first kappa shape index (κ1) is 14.9. The summed E-state index contributed by atoms with van der Waals surface area (Å²) in [6, 6.07) is 10.6. The van der Waals surface area contributed by atoms with Crippen LogP contribution in [-0.4, -0.2) is 54.7 Å². The van der Waals surface area contributed by atoms with Crippen LogP contribution in [0.2, 0.25) is 0 Å². The Morgan fingerprint density at radius 3 is 2.95 bits per heavy atom. The highest BCUT2D eigenvalue weighted by Crippen LogP contribution is 2.32. The van der Waals surface area contributed by atoms with Gasteiger partial charge in [0.15, 0.2) is 0 Å². The minimum Gasteiger partial charge on any atom is -0.389 e. The molecule has 1 heterocycles. The van der Waals surface area contributed by atoms with Gasteiger partial charge in [0.1, 0.15) is 0 Å². The second-order valence-corrected chi connectivity index (χ2v) is 6.15. The van der Waals surface area contributed by atoms with Crippen LogP contribution in [0.25, 0.3) is 0 Å². The lowest BCUT2D eigenvalue weighted by atomic mass is 10.1. The third-order valence-electron chi connectivity index (χ3n) is 3.31. The Morgan fingerprint density at radius 1 is 1.42 bits per heavy atom. The molecular weight excluding hydrogens is 258 g/mol. The quantitative estimate of drug-likeness (QED) is 0.866. The van der Waals surface area contributed by atoms with Gasteiger partial charge in [-0.1, -0.05) is 30.3 Å². The van der Waals surface area contributed by atoms with E-state index in [1.807, 2.05) is 18.7 Å². The predicted molar refractivity (Wildman–Crippen MR) is 80.6 cm³/mol. The van der Waals surface area contributed by atoms with Crippen LogP contribution in [0.4, 0.5) is 0 Å². The zero-order valence-electron chi connectivity index (χ0n) is 11.5. The van der Waals surface area contributed by atoms with Gasteiger partial charge in [0.25, 0.3) is 0 Å². The SMILES string of the molecule is CCOC[C@H](O)CN1CCS[C@H](c2ccccc2)C1. The van der Waals surface area contributed by atoms with Gasteiger partial charge < -0.3 is 9.84 Å². The monoisotopic (exact) mass is 281 g/mol. The van der Waals surface area contributed by atoms with E-state index >= 15 is 0 Å². The van der Waals surface area contributed by atoms with Crippen LogP contribution in [0.15, 0.2) is 30.3 Å². The molecular formula is C15H23NO2S. The van der Waals surface area contributed by atoms with Gasteiger partial charge in [0.05, 0.1) is 12.7 Å². The fourth-order valence-corrected chi connectivity index (χ4v) is 3.66. The number of nitrogens with zero attached hydrogens (tertiary/aromatic N) is 1. The minimum absolute atomic E-state index is 0.375. The second-order valence-electron chi connectivity index (χ2n) is 4.84. The molecule has 1 aliphatic heterocycles. The summed E-state index contributed by atoms with van der Waals surface area (Å²) in [4.78, 5) is 2.35. The number of rotatable bonds is 6. The number of aliphatic hydroxyl groups is 1. The Labute approximate surface area is 120 Å². The van der Waals surface area contributed by atoms with Crippen LogP contribution < -0.4 is 0 Å². The molecule has 2 rings (SSSR count). The molecule has 3 nitrogen and oxygen atoms in total. The van der Waals surface area contributed by atoms with Gasteiger partial charge in [-0.25, -0.2) is 0 Å². The summed E-state index contributed by atoms with van der Waals surface area (Å²) in [6.07, 6.45) is -0.375. The molecule has 0 spiro atoms. The average molecular weight is 281 g/mol. The molecule has 0 aliphatic carbocycles. The van der Waals surface area contributed by atoms with Crippen molar-refractivity contribution in [3.8, 4) is 0 Å². The standard InChI is InChI=1S/C15H23NO2S/c1-2-18-12-14(17)10-16-8-9-19-15(11-16)13-6-4-3-5-7-13/h3-7,14-15,17H,2,8-12H2,1H3/t14-,15+/m1/s1. The van der Waals surface area contributed by atoms with Crippen molar-refractivity contribution in [3.63, 3.8) is 0 Å². The largest absolute Gasteiger partial charge is 0.389 e. The van der Waals surface area contributed by atoms with E-state index in [1.54, 1.807) is 0 Å². The molecule has 19 heavy (non-hydrogen) atoms. The molecule has 0 aromatic heterocycles. The van der Waals surface area contributed by atoms with Crippen LogP contribution in [0.3, 0.4) is 0 Å². The molecule has 0 amide bonds. The number of hydrogen-bond donors (Lipinski definition) is 1. The lowest BCUT2D eigenvalue weighted by Gasteiger charge is -2.33. The minimum atomic E-state index is -0.375. The van der Waals surface area contributed by atoms with Crippen molar-refractivity contribution in [1.82, 2.24) is 4.90 Å². The normalized spacial score (nSPS) is 22.3. The third kappa shape index (κ3) is 4.80. The van der Waals surface area contributed by atoms with E-state index in [1.165, 1.54) is 5.56 Å². The number of aliphatic hydroxyl groups excluding tert-OH is 1. The van der Waals surface area contributed by atoms with Gasteiger partial charge in [0.2, 0.25) is 0 Å². The first-order valence-electron chi connectivity index (χ1n) is 6.94. The summed E-state index contributed by atoms with van der Waals surface area (Å²) < 4.78 is 5.27. The van der Waals surface area contributed by atoms with Gasteiger partial charge in [-0.05, 0) is 12.5 Å². The third-order valence-corrected chi connectivity index (χ3v) is 4.55. The summed E-state index contributed by atoms with van der Waals surface area (Å²) in [7, 11) is 0. The molecule has 0 saturated carbocycles. The maximum atomic E-state index is 9.92. The highest BCUT2D eigenvalue weighted by molar-refractivity contribution is 7.99. The Bertz CT molecular complexity index is 360. The van der Waals surface area contributed by atoms with E-state index < -0.39 is 0 Å². The van der Waals surface area contributed by atoms with Crippen molar-refractivity contribution >= 4 is 11.8 Å². The Morgan fingerprint density at radius 2 is 2.21 bits per heavy atom. The van der Waals surface area contributed by atoms with E-state index in [2.05, 4.69) is 35.2 Å². The van der Waals surface area contributed by atoms with Gasteiger partial charge in [-0.3, -0.25) is 4.90 Å². The lowest BCUT2D eigenvalue weighted by Crippen LogP contribution is -2.40. The molecule has 1 aliphatic rings. The summed E-state index contributed by atoms with van der Waals surface area (Å²) in [5.74, 6) is 1.13. The Hall–Kier alpha value is -0.550. The predicted octanol–water partition coefficient (Wildman–Crippen LogP) is 2.17. The van der Waals surface area contributed by atoms with Crippen LogP contribution >= 0.6 is 11.8 Å². The summed E-state index contributed by atoms with van der Waals surface area (Å²) in [5.41, 5.74) is 1.39. The highest BCUT2D eigenvalue weighted by atomic mass is 32.2. The Balaban J connectivity index is 1.84. The molecule has 0 unspecified atom stereocenters. The molecule has 1 saturated heterocycles. The number of benzene rings is 1. The molecule has 2 atom stereocenters. The van der Waals surface area contributed by atoms with Gasteiger partial charge in [0, 0.05) is 37.2 Å². The zero-order valence-corrected chi connectivity index (χ0v) is 12.3. The summed E-state index contributed by atoms with van der Waals surface area (Å²) in [5, 5.41) is 10.4. The van der Waals surface area contributed by atoms with Gasteiger partial charge in [-0.15, -0.1) is 0 Å². The van der Waals surface area contributed by atoms with Crippen LogP contribution in [0.1, 0.15) is 17.7 Å². The molecule has 1 fully saturated rings. The van der Waals surface area contributed by atoms with E-state index in [4.69, 9.17) is 4.74 Å². The van der Waals surface area contributed by atoms with E-state index in [0.717, 1.165) is 18.8 Å². The van der Waals surface area contributed by atoms with Crippen molar-refractivity contribution in [3.05, 3.63) is 35.9 Å². The average Bonchev–Trinajstić information content (AvgIpc) is 2.46. The highest BCUT2D eigenvalue weighted by Gasteiger charge is 2.23. The van der Waals surface area contributed by atoms with Crippen molar-refractivity contribution in [2.24, 2.45) is 0 Å². The molecule has 1 N–H and O–H groups in total. The molecule has 1 aromatic rings. The smallest absolute Gasteiger partial charge is 0.0900 e. The molecule has 0 radical (unpaired) electrons. The van der Waals surface area contributed by atoms with E-state index in [9.17, 15) is 5.11 Å². The van der Waals surface area contributed by atoms with Gasteiger partial charge >= 0.3 is 0 Å². The van der Waals surface area contributed by atoms with E-state index in [-0.39, 0.29) is 6.10 Å². The molecule has 1 aromatic carbocycles. The Kier molecular flexibility index (Phi) is 6.17. The fraction of sp³-hybridized carbons (Fsp3) is 0.600. The van der Waals surface area contributed by atoms with Crippen LogP contribution in [0, 0.1) is 0 Å². The molecule has 4 heteroatoms. The number of ether oxygens (including phenoxy) is 1. The number of hydrogen-bond acceptors (Lipinski definition) is 4. The van der Waals surface area contributed by atoms with E-state index in [0.29, 0.717) is 25.0 Å². The topological polar surface area (TPSA) is 32.7 Å². The van der Waals surface area contributed by atoms with Crippen LogP contribution in [-0.2, 0) is 4.74 Å². The molecule has 106 valence electrons. The fourth-order valence-electron chi connectivity index (χ4n) is 2.34. The van der Waals surface area contributed by atoms with Crippen molar-refractivity contribution in [2.75, 3.05) is 38.6 Å². The summed E-state index contributed by atoms with van der Waals surface area (Å²) >= 11 is 2.01. The maximum absolute atomic E-state index is 9.92. The van der Waals surface area contributed by atoms with Crippen LogP contribution in [0.5, 0.6) is 0 Å². The van der Waals surface area contributed by atoms with Crippen molar-refractivity contribution in [2.45, 2.75) is 18.3 Å². The van der Waals surface area contributed by atoms with Gasteiger partial charge in [-0.2, -0.15) is 11.8 Å². The second kappa shape index (κ2) is 7.90. The van der Waals surface area contributed by atoms with Crippen molar-refractivity contribution in [1.29, 1.82) is 0 Å². The summed E-state index contributed by atoms with van der Waals surface area (Å²) in [6.45, 7) is 5.84. The lowest BCUT2D eigenvalue weighted by molar-refractivity contribution is 0.0217. The maximum Gasteiger partial charge on any atom is 0.0900 e. The zero-order chi connectivity index (χ0) is 13.5.